The van der Waals surface area contributed by atoms with Gasteiger partial charge in [-0.25, -0.2) is 4.39 Å². The van der Waals surface area contributed by atoms with Crippen molar-refractivity contribution in [3.8, 4) is 0 Å². The van der Waals surface area contributed by atoms with Gasteiger partial charge in [-0.1, -0.05) is 11.6 Å². The number of rotatable bonds is 8. The monoisotopic (exact) mass is 493 g/mol. The lowest BCUT2D eigenvalue weighted by Crippen LogP contribution is -2.16. The van der Waals surface area contributed by atoms with Crippen LogP contribution in [-0.4, -0.2) is 27.4 Å². The molecule has 0 saturated carbocycles. The molecule has 0 radical (unpaired) electrons. The summed E-state index contributed by atoms with van der Waals surface area (Å²) in [5.41, 5.74) is 8.35. The summed E-state index contributed by atoms with van der Waals surface area (Å²) < 4.78 is 15.8. The molecule has 1 aromatic heterocycles. The van der Waals surface area contributed by atoms with Crippen LogP contribution in [0.2, 0.25) is 5.02 Å². The van der Waals surface area contributed by atoms with Gasteiger partial charge >= 0.3 is 5.97 Å². The van der Waals surface area contributed by atoms with Crippen LogP contribution in [0.5, 0.6) is 0 Å². The molecule has 4 aromatic rings. The van der Waals surface area contributed by atoms with Gasteiger partial charge in [0.15, 0.2) is 0 Å². The molecule has 0 bridgehead atoms. The van der Waals surface area contributed by atoms with Crippen molar-refractivity contribution >= 4 is 51.6 Å². The number of anilines is 2. The molecule has 178 valence electrons. The molecule has 3 aromatic carbocycles. The van der Waals surface area contributed by atoms with Crippen molar-refractivity contribution < 1.29 is 19.1 Å². The number of fused-ring (bicyclic) bond motifs is 1. The van der Waals surface area contributed by atoms with Gasteiger partial charge in [-0.3, -0.25) is 15.0 Å². The number of halogens is 2. The average Bonchev–Trinajstić information content (AvgIpc) is 3.20. The lowest BCUT2D eigenvalue weighted by Gasteiger charge is -2.15. The molecule has 4 rings (SSSR count). The number of nitrogens with zero attached hydrogens (tertiary/aromatic N) is 1. The molecule has 1 heterocycles. The number of carbonyl (C=O) groups is 2. The summed E-state index contributed by atoms with van der Waals surface area (Å²) in [6.07, 6.45) is 1.60. The standard InChI is InChI=1S/C25H21ClFN5O3/c26-17-3-6-21(20(11-17)25(35)31-19-4-1-14(2-5-19)24(28)29)30-12-16-10-18(27)9-15-7-8-32(23(15)16)13-22(33)34/h1-11,30H,12-13H2,(H3,28,29)(H,31,35)(H,33,34). The van der Waals surface area contributed by atoms with Gasteiger partial charge in [0.2, 0.25) is 0 Å². The molecule has 0 aliphatic heterocycles. The first-order valence-electron chi connectivity index (χ1n) is 10.5. The Bertz CT molecular complexity index is 1450. The van der Waals surface area contributed by atoms with Gasteiger partial charge in [0.1, 0.15) is 18.2 Å². The van der Waals surface area contributed by atoms with Crippen LogP contribution in [0.4, 0.5) is 15.8 Å². The Morgan fingerprint density at radius 2 is 1.83 bits per heavy atom. The summed E-state index contributed by atoms with van der Waals surface area (Å²) in [4.78, 5) is 24.2. The van der Waals surface area contributed by atoms with E-state index >= 15 is 0 Å². The van der Waals surface area contributed by atoms with Crippen LogP contribution in [0.25, 0.3) is 10.9 Å². The third-order valence-corrected chi connectivity index (χ3v) is 5.59. The minimum absolute atomic E-state index is 0.0786. The van der Waals surface area contributed by atoms with Crippen molar-refractivity contribution in [1.82, 2.24) is 4.57 Å². The fourth-order valence-electron chi connectivity index (χ4n) is 3.79. The second-order valence-electron chi connectivity index (χ2n) is 7.83. The smallest absolute Gasteiger partial charge is 0.323 e. The highest BCUT2D eigenvalue weighted by molar-refractivity contribution is 6.31. The number of hydrogen-bond donors (Lipinski definition) is 5. The number of nitrogen functional groups attached to an aromatic ring is 1. The van der Waals surface area contributed by atoms with Gasteiger partial charge in [0, 0.05) is 40.1 Å². The van der Waals surface area contributed by atoms with Crippen LogP contribution in [0.15, 0.2) is 66.9 Å². The van der Waals surface area contributed by atoms with Gasteiger partial charge in [-0.05, 0) is 66.2 Å². The lowest BCUT2D eigenvalue weighted by atomic mass is 10.1. The van der Waals surface area contributed by atoms with Gasteiger partial charge in [-0.15, -0.1) is 0 Å². The van der Waals surface area contributed by atoms with Crippen LogP contribution in [0.1, 0.15) is 21.5 Å². The van der Waals surface area contributed by atoms with E-state index in [1.165, 1.54) is 22.8 Å². The predicted octanol–water partition coefficient (Wildman–Crippen LogP) is 4.67. The molecule has 10 heteroatoms. The van der Waals surface area contributed by atoms with Crippen LogP contribution >= 0.6 is 11.6 Å². The molecule has 6 N–H and O–H groups in total. The molecule has 0 atom stereocenters. The molecule has 0 aliphatic rings. The summed E-state index contributed by atoms with van der Waals surface area (Å²) in [6, 6.07) is 15.6. The highest BCUT2D eigenvalue weighted by atomic mass is 35.5. The highest BCUT2D eigenvalue weighted by Crippen LogP contribution is 2.26. The summed E-state index contributed by atoms with van der Waals surface area (Å²) in [5, 5.41) is 23.5. The SMILES string of the molecule is N=C(N)c1ccc(NC(=O)c2cc(Cl)ccc2NCc2cc(F)cc3ccn(CC(=O)O)c23)cc1. The first-order valence-corrected chi connectivity index (χ1v) is 10.9. The first kappa shape index (κ1) is 23.8. The molecular weight excluding hydrogens is 473 g/mol. The predicted molar refractivity (Wildman–Crippen MR) is 134 cm³/mol. The topological polar surface area (TPSA) is 133 Å². The van der Waals surface area contributed by atoms with Crippen LogP contribution in [0, 0.1) is 11.2 Å². The molecule has 0 fully saturated rings. The van der Waals surface area contributed by atoms with Crippen LogP contribution in [0.3, 0.4) is 0 Å². The molecule has 8 nitrogen and oxygen atoms in total. The Kier molecular flexibility index (Phi) is 6.70. The molecule has 0 saturated heterocycles. The largest absolute Gasteiger partial charge is 0.480 e. The third kappa shape index (κ3) is 5.42. The van der Waals surface area contributed by atoms with E-state index in [4.69, 9.17) is 22.7 Å². The van der Waals surface area contributed by atoms with Gasteiger partial charge in [0.05, 0.1) is 11.1 Å². The number of carbonyl (C=O) groups excluding carboxylic acids is 1. The quantitative estimate of drug-likeness (QED) is 0.180. The molecule has 0 spiro atoms. The van der Waals surface area contributed by atoms with Crippen molar-refractivity contribution in [2.45, 2.75) is 13.1 Å². The zero-order valence-corrected chi connectivity index (χ0v) is 19.1. The minimum Gasteiger partial charge on any atom is -0.480 e. The number of aromatic nitrogens is 1. The fraction of sp³-hybridized carbons (Fsp3) is 0.0800. The number of amidine groups is 1. The maximum atomic E-state index is 14.2. The van der Waals surface area contributed by atoms with E-state index in [2.05, 4.69) is 10.6 Å². The molecule has 35 heavy (non-hydrogen) atoms. The number of hydrogen-bond acceptors (Lipinski definition) is 4. The summed E-state index contributed by atoms with van der Waals surface area (Å²) in [6.45, 7) is -0.133. The zero-order valence-electron chi connectivity index (χ0n) is 18.3. The van der Waals surface area contributed by atoms with Gasteiger partial charge in [-0.2, -0.15) is 0 Å². The molecule has 0 unspecified atom stereocenters. The number of aliphatic carboxylic acids is 1. The molecule has 1 amide bonds. The van der Waals surface area contributed by atoms with Crippen molar-refractivity contribution in [1.29, 1.82) is 5.41 Å². The maximum Gasteiger partial charge on any atom is 0.323 e. The summed E-state index contributed by atoms with van der Waals surface area (Å²) in [7, 11) is 0. The Hall–Kier alpha value is -4.37. The summed E-state index contributed by atoms with van der Waals surface area (Å²) >= 11 is 6.14. The number of nitrogens with one attached hydrogen (secondary N) is 3. The molecular formula is C25H21ClFN5O3. The Morgan fingerprint density at radius 1 is 1.09 bits per heavy atom. The zero-order chi connectivity index (χ0) is 25.1. The second kappa shape index (κ2) is 9.86. The van der Waals surface area contributed by atoms with Gasteiger partial charge in [0.25, 0.3) is 5.91 Å². The van der Waals surface area contributed by atoms with Crippen LogP contribution in [-0.2, 0) is 17.9 Å². The van der Waals surface area contributed by atoms with E-state index in [0.717, 1.165) is 0 Å². The number of nitrogens with two attached hydrogens (primary N) is 1. The fourth-order valence-corrected chi connectivity index (χ4v) is 3.97. The van der Waals surface area contributed by atoms with E-state index in [0.29, 0.717) is 38.4 Å². The Labute approximate surface area is 204 Å². The van der Waals surface area contributed by atoms with Crippen molar-refractivity contribution in [3.63, 3.8) is 0 Å². The number of carboxylic acids is 1. The second-order valence-corrected chi connectivity index (χ2v) is 8.27. The van der Waals surface area contributed by atoms with E-state index in [1.54, 1.807) is 48.7 Å². The van der Waals surface area contributed by atoms with E-state index in [-0.39, 0.29) is 24.5 Å². The third-order valence-electron chi connectivity index (χ3n) is 5.36. The Morgan fingerprint density at radius 3 is 2.51 bits per heavy atom. The first-order chi connectivity index (χ1) is 16.7. The maximum absolute atomic E-state index is 14.2. The highest BCUT2D eigenvalue weighted by Gasteiger charge is 2.15. The van der Waals surface area contributed by atoms with E-state index in [9.17, 15) is 19.1 Å². The summed E-state index contributed by atoms with van der Waals surface area (Å²) in [5.74, 6) is -1.97. The van der Waals surface area contributed by atoms with Crippen molar-refractivity contribution in [3.05, 3.63) is 94.4 Å². The van der Waals surface area contributed by atoms with Crippen molar-refractivity contribution in [2.24, 2.45) is 5.73 Å². The van der Waals surface area contributed by atoms with E-state index < -0.39 is 17.7 Å². The van der Waals surface area contributed by atoms with Crippen molar-refractivity contribution in [2.75, 3.05) is 10.6 Å². The average molecular weight is 494 g/mol. The number of carboxylic acid groups (broad SMARTS) is 1. The number of benzene rings is 3. The molecule has 0 aliphatic carbocycles. The normalized spacial score (nSPS) is 10.8. The lowest BCUT2D eigenvalue weighted by molar-refractivity contribution is -0.137. The van der Waals surface area contributed by atoms with E-state index in [1.807, 2.05) is 0 Å². The Balaban J connectivity index is 1.60. The minimum atomic E-state index is -1.02. The number of amides is 1. The van der Waals surface area contributed by atoms with Crippen LogP contribution < -0.4 is 16.4 Å². The van der Waals surface area contributed by atoms with Gasteiger partial charge < -0.3 is 26.0 Å².